The first-order valence-corrected chi connectivity index (χ1v) is 9.08. The smallest absolute Gasteiger partial charge is 0.261 e. The van der Waals surface area contributed by atoms with Gasteiger partial charge in [-0.15, -0.1) is 0 Å². The first-order chi connectivity index (χ1) is 12.6. The van der Waals surface area contributed by atoms with Gasteiger partial charge in [0.2, 0.25) is 0 Å². The van der Waals surface area contributed by atoms with Crippen LogP contribution in [-0.4, -0.2) is 22.2 Å². The highest BCUT2D eigenvalue weighted by Crippen LogP contribution is 2.32. The van der Waals surface area contributed by atoms with Crippen LogP contribution in [0.1, 0.15) is 39.2 Å². The molecule has 1 aliphatic heterocycles. The molecule has 3 aromatic rings. The zero-order valence-corrected chi connectivity index (χ0v) is 15.5. The molecule has 2 heterocycles. The van der Waals surface area contributed by atoms with Crippen LogP contribution in [0.4, 0.5) is 5.69 Å². The van der Waals surface area contributed by atoms with Crippen molar-refractivity contribution < 1.29 is 4.79 Å². The molecule has 0 N–H and O–H groups in total. The SMILES string of the molecule is Cc1cc(C)c2c(c1)N(C(=O)c1cnn(-c3ccccc3)c1C)CCC2. The number of benzene rings is 2. The van der Waals surface area contributed by atoms with Crippen molar-refractivity contribution in [2.75, 3.05) is 11.4 Å². The number of carbonyl (C=O) groups is 1. The van der Waals surface area contributed by atoms with Gasteiger partial charge in [0.05, 0.1) is 23.1 Å². The molecule has 0 saturated heterocycles. The van der Waals surface area contributed by atoms with Crippen molar-refractivity contribution in [2.45, 2.75) is 33.6 Å². The molecule has 0 aliphatic carbocycles. The van der Waals surface area contributed by atoms with E-state index in [0.717, 1.165) is 36.5 Å². The van der Waals surface area contributed by atoms with E-state index in [2.05, 4.69) is 31.1 Å². The first kappa shape index (κ1) is 16.6. The molecule has 1 aromatic heterocycles. The number of nitrogens with zero attached hydrogens (tertiary/aromatic N) is 3. The summed E-state index contributed by atoms with van der Waals surface area (Å²) in [6, 6.07) is 14.3. The average molecular weight is 345 g/mol. The van der Waals surface area contributed by atoms with Crippen LogP contribution in [0, 0.1) is 20.8 Å². The average Bonchev–Trinajstić information content (AvgIpc) is 3.03. The summed E-state index contributed by atoms with van der Waals surface area (Å²) in [6.45, 7) is 6.94. The largest absolute Gasteiger partial charge is 0.308 e. The van der Waals surface area contributed by atoms with Crippen LogP contribution >= 0.6 is 0 Å². The van der Waals surface area contributed by atoms with Crippen molar-refractivity contribution in [1.82, 2.24) is 9.78 Å². The summed E-state index contributed by atoms with van der Waals surface area (Å²) in [6.07, 6.45) is 3.73. The Hall–Kier alpha value is -2.88. The van der Waals surface area contributed by atoms with Crippen LogP contribution in [0.25, 0.3) is 5.69 Å². The van der Waals surface area contributed by atoms with E-state index < -0.39 is 0 Å². The standard InChI is InChI=1S/C22H23N3O/c1-15-12-16(2)19-10-7-11-24(21(19)13-15)22(26)20-14-23-25(17(20)3)18-8-5-4-6-9-18/h4-6,8-9,12-14H,7,10-11H2,1-3H3. The maximum absolute atomic E-state index is 13.3. The fraction of sp³-hybridized carbons (Fsp3) is 0.273. The first-order valence-electron chi connectivity index (χ1n) is 9.08. The number of carbonyl (C=O) groups excluding carboxylic acids is 1. The zero-order valence-electron chi connectivity index (χ0n) is 15.5. The molecule has 0 fully saturated rings. The number of anilines is 1. The van der Waals surface area contributed by atoms with Crippen LogP contribution in [0.15, 0.2) is 48.7 Å². The second-order valence-electron chi connectivity index (χ2n) is 7.03. The molecule has 0 spiro atoms. The highest BCUT2D eigenvalue weighted by Gasteiger charge is 2.27. The highest BCUT2D eigenvalue weighted by molar-refractivity contribution is 6.07. The second-order valence-corrected chi connectivity index (χ2v) is 7.03. The molecule has 132 valence electrons. The van der Waals surface area contributed by atoms with Crippen LogP contribution in [0.2, 0.25) is 0 Å². The van der Waals surface area contributed by atoms with Gasteiger partial charge in [-0.25, -0.2) is 4.68 Å². The van der Waals surface area contributed by atoms with Gasteiger partial charge in [0, 0.05) is 12.2 Å². The van der Waals surface area contributed by atoms with Crippen LogP contribution in [0.5, 0.6) is 0 Å². The molecular formula is C22H23N3O. The van der Waals surface area contributed by atoms with E-state index in [-0.39, 0.29) is 5.91 Å². The minimum Gasteiger partial charge on any atom is -0.308 e. The highest BCUT2D eigenvalue weighted by atomic mass is 16.2. The molecule has 0 radical (unpaired) electrons. The third-order valence-corrected chi connectivity index (χ3v) is 5.18. The van der Waals surface area contributed by atoms with Gasteiger partial charge < -0.3 is 4.90 Å². The number of para-hydroxylation sites is 1. The van der Waals surface area contributed by atoms with E-state index >= 15 is 0 Å². The van der Waals surface area contributed by atoms with Crippen molar-refractivity contribution in [3.8, 4) is 5.69 Å². The third kappa shape index (κ3) is 2.71. The lowest BCUT2D eigenvalue weighted by molar-refractivity contribution is 0.0984. The Bertz CT molecular complexity index is 973. The maximum Gasteiger partial charge on any atom is 0.261 e. The number of aryl methyl sites for hydroxylation is 2. The predicted octanol–water partition coefficient (Wildman–Crippen LogP) is 4.39. The topological polar surface area (TPSA) is 38.1 Å². The molecule has 4 nitrogen and oxygen atoms in total. The van der Waals surface area contributed by atoms with Crippen LogP contribution in [-0.2, 0) is 6.42 Å². The van der Waals surface area contributed by atoms with E-state index in [1.807, 2.05) is 46.8 Å². The van der Waals surface area contributed by atoms with E-state index in [0.29, 0.717) is 5.56 Å². The summed E-state index contributed by atoms with van der Waals surface area (Å²) in [4.78, 5) is 15.3. The number of rotatable bonds is 2. The number of fused-ring (bicyclic) bond motifs is 1. The Labute approximate surface area is 154 Å². The summed E-state index contributed by atoms with van der Waals surface area (Å²) in [5, 5.41) is 4.46. The molecule has 1 amide bonds. The van der Waals surface area contributed by atoms with E-state index in [1.165, 1.54) is 16.7 Å². The van der Waals surface area contributed by atoms with E-state index in [9.17, 15) is 4.79 Å². The Balaban J connectivity index is 1.74. The number of aromatic nitrogens is 2. The van der Waals surface area contributed by atoms with Gasteiger partial charge in [0.15, 0.2) is 0 Å². The summed E-state index contributed by atoms with van der Waals surface area (Å²) in [5.41, 5.74) is 7.33. The molecular weight excluding hydrogens is 322 g/mol. The Morgan fingerprint density at radius 3 is 2.62 bits per heavy atom. The van der Waals surface area contributed by atoms with E-state index in [4.69, 9.17) is 0 Å². The Morgan fingerprint density at radius 1 is 1.08 bits per heavy atom. The van der Waals surface area contributed by atoms with Gasteiger partial charge in [-0.1, -0.05) is 24.3 Å². The van der Waals surface area contributed by atoms with Crippen molar-refractivity contribution in [3.63, 3.8) is 0 Å². The van der Waals surface area contributed by atoms with Gasteiger partial charge in [-0.3, -0.25) is 4.79 Å². The second kappa shape index (κ2) is 6.45. The normalized spacial score (nSPS) is 13.6. The summed E-state index contributed by atoms with van der Waals surface area (Å²) < 4.78 is 1.83. The number of hydrogen-bond donors (Lipinski definition) is 0. The van der Waals surface area contributed by atoms with Gasteiger partial charge in [-0.05, 0) is 68.5 Å². The summed E-state index contributed by atoms with van der Waals surface area (Å²) >= 11 is 0. The van der Waals surface area contributed by atoms with E-state index in [1.54, 1.807) is 6.20 Å². The summed E-state index contributed by atoms with van der Waals surface area (Å²) in [5.74, 6) is 0.0376. The quantitative estimate of drug-likeness (QED) is 0.691. The van der Waals surface area contributed by atoms with Crippen molar-refractivity contribution in [3.05, 3.63) is 76.6 Å². The predicted molar refractivity (Wildman–Crippen MR) is 104 cm³/mol. The molecule has 2 aromatic carbocycles. The third-order valence-electron chi connectivity index (χ3n) is 5.18. The minimum absolute atomic E-state index is 0.0376. The monoisotopic (exact) mass is 345 g/mol. The van der Waals surface area contributed by atoms with Gasteiger partial charge in [0.25, 0.3) is 5.91 Å². The fourth-order valence-electron chi connectivity index (χ4n) is 3.88. The lowest BCUT2D eigenvalue weighted by Crippen LogP contribution is -2.36. The molecule has 4 heteroatoms. The van der Waals surface area contributed by atoms with Crippen molar-refractivity contribution >= 4 is 11.6 Å². The molecule has 1 aliphatic rings. The minimum atomic E-state index is 0.0376. The van der Waals surface area contributed by atoms with Crippen molar-refractivity contribution in [1.29, 1.82) is 0 Å². The lowest BCUT2D eigenvalue weighted by Gasteiger charge is -2.31. The van der Waals surface area contributed by atoms with Gasteiger partial charge >= 0.3 is 0 Å². The van der Waals surface area contributed by atoms with Gasteiger partial charge in [-0.2, -0.15) is 5.10 Å². The Morgan fingerprint density at radius 2 is 1.85 bits per heavy atom. The fourth-order valence-corrected chi connectivity index (χ4v) is 3.88. The number of hydrogen-bond acceptors (Lipinski definition) is 2. The lowest BCUT2D eigenvalue weighted by atomic mass is 9.94. The zero-order chi connectivity index (χ0) is 18.3. The molecule has 0 unspecified atom stereocenters. The molecule has 26 heavy (non-hydrogen) atoms. The van der Waals surface area contributed by atoms with Gasteiger partial charge in [0.1, 0.15) is 0 Å². The van der Waals surface area contributed by atoms with Crippen LogP contribution < -0.4 is 4.90 Å². The molecule has 0 bridgehead atoms. The maximum atomic E-state index is 13.3. The Kier molecular flexibility index (Phi) is 4.11. The molecule has 4 rings (SSSR count). The molecule has 0 atom stereocenters. The molecule has 0 saturated carbocycles. The van der Waals surface area contributed by atoms with Crippen LogP contribution in [0.3, 0.4) is 0 Å². The number of amides is 1. The van der Waals surface area contributed by atoms with Crippen molar-refractivity contribution in [2.24, 2.45) is 0 Å². The summed E-state index contributed by atoms with van der Waals surface area (Å²) in [7, 11) is 0.